The number of carbonyl (C=O) groups excluding carboxylic acids is 1. The van der Waals surface area contributed by atoms with Crippen LogP contribution in [0.5, 0.6) is 0 Å². The first-order chi connectivity index (χ1) is 9.90. The molecule has 0 aromatic heterocycles. The summed E-state index contributed by atoms with van der Waals surface area (Å²) in [7, 11) is 0. The molecule has 1 amide bonds. The molecule has 3 N–H and O–H groups in total. The van der Waals surface area contributed by atoms with Crippen LogP contribution in [0.3, 0.4) is 0 Å². The molecule has 21 heavy (non-hydrogen) atoms. The van der Waals surface area contributed by atoms with E-state index in [1.807, 2.05) is 20.8 Å². The SMILES string of the molecule is CC(C)(C)OC(=O)NC(CN)c1cccc2c1CCCC2. The Morgan fingerprint density at radius 3 is 2.71 bits per heavy atom. The van der Waals surface area contributed by atoms with E-state index in [9.17, 15) is 4.79 Å². The monoisotopic (exact) mass is 290 g/mol. The summed E-state index contributed by atoms with van der Waals surface area (Å²) in [5.74, 6) is 0. The Labute approximate surface area is 127 Å². The maximum Gasteiger partial charge on any atom is 0.408 e. The first-order valence-corrected chi connectivity index (χ1v) is 7.71. The lowest BCUT2D eigenvalue weighted by Crippen LogP contribution is -2.38. The maximum absolute atomic E-state index is 12.0. The van der Waals surface area contributed by atoms with Gasteiger partial charge in [-0.2, -0.15) is 0 Å². The molecule has 1 aromatic carbocycles. The molecule has 0 radical (unpaired) electrons. The first kappa shape index (κ1) is 15.8. The number of aryl methyl sites for hydroxylation is 1. The van der Waals surface area contributed by atoms with E-state index in [0.717, 1.165) is 18.4 Å². The molecule has 0 saturated heterocycles. The molecule has 0 heterocycles. The van der Waals surface area contributed by atoms with Gasteiger partial charge in [0.2, 0.25) is 0 Å². The lowest BCUT2D eigenvalue weighted by Gasteiger charge is -2.26. The van der Waals surface area contributed by atoms with Gasteiger partial charge in [-0.25, -0.2) is 4.79 Å². The van der Waals surface area contributed by atoms with Crippen molar-refractivity contribution in [1.29, 1.82) is 0 Å². The van der Waals surface area contributed by atoms with E-state index in [-0.39, 0.29) is 6.04 Å². The Morgan fingerprint density at radius 2 is 2.05 bits per heavy atom. The van der Waals surface area contributed by atoms with Gasteiger partial charge in [0, 0.05) is 6.54 Å². The number of alkyl carbamates (subject to hydrolysis) is 1. The van der Waals surface area contributed by atoms with Gasteiger partial charge in [0.25, 0.3) is 0 Å². The van der Waals surface area contributed by atoms with Crippen LogP contribution >= 0.6 is 0 Å². The number of nitrogens with one attached hydrogen (secondary N) is 1. The Bertz CT molecular complexity index is 506. The molecule has 4 nitrogen and oxygen atoms in total. The molecule has 0 fully saturated rings. The maximum atomic E-state index is 12.0. The van der Waals surface area contributed by atoms with Crippen molar-refractivity contribution < 1.29 is 9.53 Å². The fourth-order valence-corrected chi connectivity index (χ4v) is 2.85. The standard InChI is InChI=1S/C17H26N2O2/c1-17(2,3)21-16(20)19-15(11-18)14-10-6-8-12-7-4-5-9-13(12)14/h6,8,10,15H,4-5,7,9,11,18H2,1-3H3,(H,19,20). The van der Waals surface area contributed by atoms with Crippen molar-refractivity contribution in [2.24, 2.45) is 5.73 Å². The van der Waals surface area contributed by atoms with E-state index >= 15 is 0 Å². The molecule has 0 spiro atoms. The second kappa shape index (κ2) is 6.48. The smallest absolute Gasteiger partial charge is 0.408 e. The average Bonchev–Trinajstić information content (AvgIpc) is 2.42. The molecule has 116 valence electrons. The van der Waals surface area contributed by atoms with E-state index in [0.29, 0.717) is 6.54 Å². The number of hydrogen-bond acceptors (Lipinski definition) is 3. The summed E-state index contributed by atoms with van der Waals surface area (Å²) in [5.41, 5.74) is 9.27. The number of fused-ring (bicyclic) bond motifs is 1. The van der Waals surface area contributed by atoms with Crippen molar-refractivity contribution in [2.45, 2.75) is 58.1 Å². The van der Waals surface area contributed by atoms with Crippen molar-refractivity contribution in [3.05, 3.63) is 34.9 Å². The van der Waals surface area contributed by atoms with Gasteiger partial charge in [-0.3, -0.25) is 0 Å². The molecule has 1 aliphatic carbocycles. The fraction of sp³-hybridized carbons (Fsp3) is 0.588. The van der Waals surface area contributed by atoms with Crippen LogP contribution in [0.4, 0.5) is 4.79 Å². The van der Waals surface area contributed by atoms with E-state index < -0.39 is 11.7 Å². The number of carbonyl (C=O) groups is 1. The van der Waals surface area contributed by atoms with Crippen molar-refractivity contribution in [3.63, 3.8) is 0 Å². The lowest BCUT2D eigenvalue weighted by atomic mass is 9.86. The van der Waals surface area contributed by atoms with Gasteiger partial charge in [0.1, 0.15) is 5.60 Å². The zero-order chi connectivity index (χ0) is 15.5. The molecule has 1 atom stereocenters. The topological polar surface area (TPSA) is 64.3 Å². The van der Waals surface area contributed by atoms with E-state index in [1.54, 1.807) is 0 Å². The van der Waals surface area contributed by atoms with Crippen molar-refractivity contribution in [1.82, 2.24) is 5.32 Å². The first-order valence-electron chi connectivity index (χ1n) is 7.71. The molecule has 1 aliphatic rings. The third-order valence-electron chi connectivity index (χ3n) is 3.73. The Kier molecular flexibility index (Phi) is 4.88. The third kappa shape index (κ3) is 4.21. The predicted molar refractivity (Wildman–Crippen MR) is 84.2 cm³/mol. The molecule has 4 heteroatoms. The summed E-state index contributed by atoms with van der Waals surface area (Å²) in [6, 6.07) is 6.12. The minimum absolute atomic E-state index is 0.187. The number of amides is 1. The highest BCUT2D eigenvalue weighted by Gasteiger charge is 2.23. The molecule has 2 rings (SSSR count). The summed E-state index contributed by atoms with van der Waals surface area (Å²) in [4.78, 5) is 12.0. The van der Waals surface area contributed by atoms with Gasteiger partial charge < -0.3 is 15.8 Å². The molecule has 1 unspecified atom stereocenters. The van der Waals surface area contributed by atoms with Crippen LogP contribution in [0, 0.1) is 0 Å². The number of ether oxygens (including phenoxy) is 1. The predicted octanol–water partition coefficient (Wildman–Crippen LogP) is 3.09. The Hall–Kier alpha value is -1.55. The second-order valence-electron chi connectivity index (χ2n) is 6.63. The van der Waals surface area contributed by atoms with Crippen LogP contribution in [0.1, 0.15) is 56.3 Å². The highest BCUT2D eigenvalue weighted by atomic mass is 16.6. The summed E-state index contributed by atoms with van der Waals surface area (Å²) < 4.78 is 5.33. The van der Waals surface area contributed by atoms with E-state index in [4.69, 9.17) is 10.5 Å². The van der Waals surface area contributed by atoms with Crippen LogP contribution < -0.4 is 11.1 Å². The Balaban J connectivity index is 2.16. The number of benzene rings is 1. The van der Waals surface area contributed by atoms with Gasteiger partial charge in [0.05, 0.1) is 6.04 Å². The number of nitrogens with two attached hydrogens (primary N) is 1. The van der Waals surface area contributed by atoms with Gasteiger partial charge in [0.15, 0.2) is 0 Å². The highest BCUT2D eigenvalue weighted by molar-refractivity contribution is 5.68. The minimum Gasteiger partial charge on any atom is -0.444 e. The molecule has 0 aliphatic heterocycles. The minimum atomic E-state index is -0.501. The van der Waals surface area contributed by atoms with Gasteiger partial charge in [-0.15, -0.1) is 0 Å². The molecule has 0 saturated carbocycles. The fourth-order valence-electron chi connectivity index (χ4n) is 2.85. The van der Waals surface area contributed by atoms with Crippen molar-refractivity contribution >= 4 is 6.09 Å². The Morgan fingerprint density at radius 1 is 1.33 bits per heavy atom. The van der Waals surface area contributed by atoms with Gasteiger partial charge in [-0.05, 0) is 63.1 Å². The lowest BCUT2D eigenvalue weighted by molar-refractivity contribution is 0.0505. The molecular formula is C17H26N2O2. The molecular weight excluding hydrogens is 264 g/mol. The summed E-state index contributed by atoms with van der Waals surface area (Å²) in [6.45, 7) is 5.94. The van der Waals surface area contributed by atoms with Crippen LogP contribution in [-0.2, 0) is 17.6 Å². The van der Waals surface area contributed by atoms with Gasteiger partial charge >= 0.3 is 6.09 Å². The summed E-state index contributed by atoms with van der Waals surface area (Å²) in [6.07, 6.45) is 4.22. The number of rotatable bonds is 3. The van der Waals surface area contributed by atoms with Crippen LogP contribution in [0.2, 0.25) is 0 Å². The normalized spacial score (nSPS) is 16.0. The summed E-state index contributed by atoms with van der Waals surface area (Å²) in [5, 5.41) is 2.90. The average molecular weight is 290 g/mol. The van der Waals surface area contributed by atoms with E-state index in [2.05, 4.69) is 23.5 Å². The summed E-state index contributed by atoms with van der Waals surface area (Å²) >= 11 is 0. The zero-order valence-corrected chi connectivity index (χ0v) is 13.2. The highest BCUT2D eigenvalue weighted by Crippen LogP contribution is 2.28. The molecule has 0 bridgehead atoms. The van der Waals surface area contributed by atoms with Crippen LogP contribution in [0.25, 0.3) is 0 Å². The molecule has 1 aromatic rings. The second-order valence-corrected chi connectivity index (χ2v) is 6.63. The third-order valence-corrected chi connectivity index (χ3v) is 3.73. The zero-order valence-electron chi connectivity index (χ0n) is 13.2. The van der Waals surface area contributed by atoms with Crippen LogP contribution in [0.15, 0.2) is 18.2 Å². The van der Waals surface area contributed by atoms with Crippen molar-refractivity contribution in [2.75, 3.05) is 6.54 Å². The van der Waals surface area contributed by atoms with Crippen LogP contribution in [-0.4, -0.2) is 18.2 Å². The quantitative estimate of drug-likeness (QED) is 0.899. The van der Waals surface area contributed by atoms with Crippen molar-refractivity contribution in [3.8, 4) is 0 Å². The number of hydrogen-bond donors (Lipinski definition) is 2. The largest absolute Gasteiger partial charge is 0.444 e. The van der Waals surface area contributed by atoms with Gasteiger partial charge in [-0.1, -0.05) is 18.2 Å². The van der Waals surface area contributed by atoms with E-state index in [1.165, 1.54) is 24.0 Å².